The van der Waals surface area contributed by atoms with Crippen molar-refractivity contribution in [2.45, 2.75) is 69.4 Å². The summed E-state index contributed by atoms with van der Waals surface area (Å²) in [5.41, 5.74) is 1.94. The van der Waals surface area contributed by atoms with Gasteiger partial charge in [-0.3, -0.25) is 9.78 Å². The van der Waals surface area contributed by atoms with E-state index in [1.165, 1.54) is 26.2 Å². The molecule has 2 bridgehead atoms. The van der Waals surface area contributed by atoms with Gasteiger partial charge in [0.2, 0.25) is 0 Å². The van der Waals surface area contributed by atoms with Crippen molar-refractivity contribution >= 4 is 17.1 Å². The summed E-state index contributed by atoms with van der Waals surface area (Å²) in [6.45, 7) is 2.43. The number of aliphatic hydroxyl groups is 1. The van der Waals surface area contributed by atoms with Crippen molar-refractivity contribution in [3.05, 3.63) is 47.8 Å². The first kappa shape index (κ1) is 24.2. The van der Waals surface area contributed by atoms with E-state index in [9.17, 15) is 14.3 Å². The largest absolute Gasteiger partial charge is 0.387 e. The number of hydrogen-bond acceptors (Lipinski definition) is 7. The molecule has 2 aliphatic rings. The monoisotopic (exact) mass is 491 g/mol. The van der Waals surface area contributed by atoms with Gasteiger partial charge in [0.05, 0.1) is 52.1 Å². The third-order valence-corrected chi connectivity index (χ3v) is 7.08. The van der Waals surface area contributed by atoms with Crippen molar-refractivity contribution in [3.8, 4) is 17.5 Å². The zero-order valence-electron chi connectivity index (χ0n) is 20.3. The predicted molar refractivity (Wildman–Crippen MR) is 133 cm³/mol. The van der Waals surface area contributed by atoms with Crippen LogP contribution in [0.2, 0.25) is 0 Å². The molecule has 1 amide bonds. The number of carbonyl (C=O) groups excluding carboxylic acids is 1. The number of nitriles is 1. The van der Waals surface area contributed by atoms with E-state index in [-0.39, 0.29) is 12.6 Å². The summed E-state index contributed by atoms with van der Waals surface area (Å²) >= 11 is 0. The molecule has 0 unspecified atom stereocenters. The number of hydrogen-bond donors (Lipinski definition) is 4. The molecule has 3 aromatic rings. The van der Waals surface area contributed by atoms with Crippen molar-refractivity contribution in [1.82, 2.24) is 25.2 Å². The van der Waals surface area contributed by atoms with E-state index in [0.717, 1.165) is 36.9 Å². The molecular formula is C26H30FN7O2. The lowest BCUT2D eigenvalue weighted by molar-refractivity contribution is -0.00177. The molecule has 4 atom stereocenters. The lowest BCUT2D eigenvalue weighted by Crippen LogP contribution is -2.44. The minimum absolute atomic E-state index is 0.191. The zero-order valence-corrected chi connectivity index (χ0v) is 20.3. The molecule has 2 fully saturated rings. The Labute approximate surface area is 208 Å². The molecule has 36 heavy (non-hydrogen) atoms. The van der Waals surface area contributed by atoms with E-state index in [4.69, 9.17) is 5.26 Å². The second kappa shape index (κ2) is 9.48. The first-order valence-electron chi connectivity index (χ1n) is 12.3. The Hall–Kier alpha value is -3.55. The fourth-order valence-corrected chi connectivity index (χ4v) is 5.07. The molecule has 2 saturated heterocycles. The third-order valence-electron chi connectivity index (χ3n) is 7.08. The maximum atomic E-state index is 14.3. The van der Waals surface area contributed by atoms with E-state index in [2.05, 4.69) is 32.1 Å². The van der Waals surface area contributed by atoms with Crippen LogP contribution >= 0.6 is 0 Å². The van der Waals surface area contributed by atoms with E-state index >= 15 is 0 Å². The zero-order chi connectivity index (χ0) is 25.4. The Morgan fingerprint density at radius 1 is 1.31 bits per heavy atom. The predicted octanol–water partition coefficient (Wildman–Crippen LogP) is 2.80. The smallest absolute Gasteiger partial charge is 0.255 e. The molecule has 10 heteroatoms. The van der Waals surface area contributed by atoms with Crippen LogP contribution < -0.4 is 16.0 Å². The van der Waals surface area contributed by atoms with Gasteiger partial charge in [0.25, 0.3) is 5.91 Å². The summed E-state index contributed by atoms with van der Waals surface area (Å²) in [5.74, 6) is -0.461. The van der Waals surface area contributed by atoms with Crippen molar-refractivity contribution < 1.29 is 14.3 Å². The number of piperidine rings is 1. The number of aromatic nitrogens is 3. The molecule has 0 spiro atoms. The van der Waals surface area contributed by atoms with Gasteiger partial charge in [-0.25, -0.2) is 8.91 Å². The average Bonchev–Trinajstić information content (AvgIpc) is 3.43. The number of fused-ring (bicyclic) bond motifs is 3. The second-order valence-corrected chi connectivity index (χ2v) is 10.3. The first-order chi connectivity index (χ1) is 17.2. The highest BCUT2D eigenvalue weighted by Gasteiger charge is 2.34. The van der Waals surface area contributed by atoms with Gasteiger partial charge >= 0.3 is 0 Å². The number of alkyl halides is 1. The number of rotatable bonds is 7. The third kappa shape index (κ3) is 4.90. The Morgan fingerprint density at radius 2 is 2.06 bits per heavy atom. The Kier molecular flexibility index (Phi) is 6.36. The topological polar surface area (TPSA) is 127 Å². The quantitative estimate of drug-likeness (QED) is 0.400. The van der Waals surface area contributed by atoms with E-state index in [1.807, 2.05) is 18.2 Å². The molecule has 3 aromatic heterocycles. The molecule has 5 rings (SSSR count). The number of pyridine rings is 1. The van der Waals surface area contributed by atoms with Gasteiger partial charge in [-0.1, -0.05) is 0 Å². The SMILES string of the molecule is CC(C)(O)[C@H](F)CNC(=O)c1cnc(-c2ccc3cc(C#N)cnn23)cc1N[C@H]1C[C@H]2CC[C@@H](C1)N2. The van der Waals surface area contributed by atoms with Crippen LogP contribution in [0.5, 0.6) is 0 Å². The van der Waals surface area contributed by atoms with Crippen LogP contribution in [0.25, 0.3) is 16.9 Å². The number of nitrogens with zero attached hydrogens (tertiary/aromatic N) is 4. The highest BCUT2D eigenvalue weighted by atomic mass is 19.1. The molecule has 5 heterocycles. The fourth-order valence-electron chi connectivity index (χ4n) is 5.07. The van der Waals surface area contributed by atoms with Crippen LogP contribution in [0.4, 0.5) is 10.1 Å². The summed E-state index contributed by atoms with van der Waals surface area (Å²) in [5, 5.41) is 33.2. The molecule has 0 saturated carbocycles. The van der Waals surface area contributed by atoms with Crippen LogP contribution in [0.1, 0.15) is 55.5 Å². The second-order valence-electron chi connectivity index (χ2n) is 10.3. The van der Waals surface area contributed by atoms with E-state index in [0.29, 0.717) is 34.6 Å². The molecule has 0 radical (unpaired) electrons. The van der Waals surface area contributed by atoms with Crippen LogP contribution in [0, 0.1) is 11.3 Å². The van der Waals surface area contributed by atoms with Crippen molar-refractivity contribution in [2.24, 2.45) is 0 Å². The maximum absolute atomic E-state index is 14.3. The van der Waals surface area contributed by atoms with Crippen molar-refractivity contribution in [2.75, 3.05) is 11.9 Å². The van der Waals surface area contributed by atoms with Crippen LogP contribution in [0.15, 0.2) is 36.7 Å². The van der Waals surface area contributed by atoms with Crippen LogP contribution in [-0.4, -0.2) is 62.1 Å². The van der Waals surface area contributed by atoms with Gasteiger partial charge < -0.3 is 21.1 Å². The van der Waals surface area contributed by atoms with Gasteiger partial charge in [0, 0.05) is 24.3 Å². The van der Waals surface area contributed by atoms with Crippen LogP contribution in [0.3, 0.4) is 0 Å². The number of amides is 1. The fraction of sp³-hybridized carbons (Fsp3) is 0.462. The van der Waals surface area contributed by atoms with Crippen molar-refractivity contribution in [3.63, 3.8) is 0 Å². The Bertz CT molecular complexity index is 1310. The normalized spacial score (nSPS) is 22.2. The molecular weight excluding hydrogens is 461 g/mol. The summed E-state index contributed by atoms with van der Waals surface area (Å²) in [6, 6.07) is 10.5. The Morgan fingerprint density at radius 3 is 2.75 bits per heavy atom. The first-order valence-corrected chi connectivity index (χ1v) is 12.3. The molecule has 4 N–H and O–H groups in total. The van der Waals surface area contributed by atoms with E-state index < -0.39 is 17.7 Å². The van der Waals surface area contributed by atoms with Gasteiger partial charge in [-0.2, -0.15) is 10.4 Å². The Balaban J connectivity index is 1.46. The molecule has 2 aliphatic heterocycles. The van der Waals surface area contributed by atoms with E-state index in [1.54, 1.807) is 10.6 Å². The van der Waals surface area contributed by atoms with Gasteiger partial charge in [0.15, 0.2) is 0 Å². The summed E-state index contributed by atoms with van der Waals surface area (Å²) in [4.78, 5) is 17.6. The lowest BCUT2D eigenvalue weighted by atomic mass is 9.99. The summed E-state index contributed by atoms with van der Waals surface area (Å²) in [6.07, 6.45) is 5.58. The number of halogens is 1. The van der Waals surface area contributed by atoms with Gasteiger partial charge in [0.1, 0.15) is 12.2 Å². The maximum Gasteiger partial charge on any atom is 0.255 e. The summed E-state index contributed by atoms with van der Waals surface area (Å²) in [7, 11) is 0. The number of carbonyl (C=O) groups is 1. The molecule has 0 aromatic carbocycles. The van der Waals surface area contributed by atoms with Gasteiger partial charge in [-0.15, -0.1) is 0 Å². The molecule has 9 nitrogen and oxygen atoms in total. The lowest BCUT2D eigenvalue weighted by Gasteiger charge is -2.31. The number of anilines is 1. The average molecular weight is 492 g/mol. The highest BCUT2D eigenvalue weighted by Crippen LogP contribution is 2.31. The summed E-state index contributed by atoms with van der Waals surface area (Å²) < 4.78 is 16.0. The number of nitrogens with one attached hydrogen (secondary N) is 3. The van der Waals surface area contributed by atoms with Crippen LogP contribution in [-0.2, 0) is 0 Å². The van der Waals surface area contributed by atoms with Gasteiger partial charge in [-0.05, 0) is 63.8 Å². The molecule has 188 valence electrons. The minimum Gasteiger partial charge on any atom is -0.387 e. The highest BCUT2D eigenvalue weighted by molar-refractivity contribution is 6.00. The van der Waals surface area contributed by atoms with Crippen molar-refractivity contribution in [1.29, 1.82) is 5.26 Å². The molecule has 0 aliphatic carbocycles. The minimum atomic E-state index is -1.61. The standard InChI is InChI=1S/C26H30FN7O2/c1-26(2,36)24(27)14-30-25(35)20-13-29-22(23-6-5-19-7-15(11-28)12-31-34(19)23)10-21(20)33-18-8-16-3-4-17(9-18)32-16/h5-7,10,12-13,16-18,24,32,36H,3-4,8-9,14H2,1-2H3,(H,29,33)(H,30,35)/t16-,17+,18+,24-/m1/s1.